The number of hydrogen-bond acceptors (Lipinski definition) is 3. The Hall–Kier alpha value is -0.610. The Morgan fingerprint density at radius 3 is 3.25 bits per heavy atom. The minimum Gasteiger partial charge on any atom is -0.373 e. The predicted octanol–water partition coefficient (Wildman–Crippen LogP) is 0.937. The summed E-state index contributed by atoms with van der Waals surface area (Å²) in [5.41, 5.74) is 0. The molecule has 66 valence electrons. The molecular weight excluding hydrogens is 178 g/mol. The number of alkyl halides is 1. The van der Waals surface area contributed by atoms with Crippen LogP contribution in [0.5, 0.6) is 0 Å². The highest BCUT2D eigenvalue weighted by atomic mass is 35.5. The highest BCUT2D eigenvalue weighted by Gasteiger charge is 2.13. The van der Waals surface area contributed by atoms with Gasteiger partial charge in [-0.3, -0.25) is 0 Å². The molecule has 2 rings (SSSR count). The summed E-state index contributed by atoms with van der Waals surface area (Å²) in [6.07, 6.45) is 1.01. The first-order chi connectivity index (χ1) is 5.92. The molecule has 0 saturated heterocycles. The molecule has 1 aromatic heterocycles. The Morgan fingerprint density at radius 1 is 1.50 bits per heavy atom. The molecule has 0 unspecified atom stereocenters. The number of fused-ring (bicyclic) bond motifs is 1. The van der Waals surface area contributed by atoms with Gasteiger partial charge in [-0.25, -0.2) is 0 Å². The molecule has 0 fully saturated rings. The molecule has 0 aromatic carbocycles. The number of aromatic nitrogens is 3. The van der Waals surface area contributed by atoms with E-state index in [2.05, 4.69) is 10.2 Å². The van der Waals surface area contributed by atoms with Gasteiger partial charge >= 0.3 is 0 Å². The standard InChI is InChI=1S/C7H10ClN3O/c8-4-6-9-10-7-5-12-3-1-2-11(6)7/h1-5H2. The van der Waals surface area contributed by atoms with Crippen molar-refractivity contribution in [1.29, 1.82) is 0 Å². The molecule has 0 radical (unpaired) electrons. The predicted molar refractivity (Wildman–Crippen MR) is 43.9 cm³/mol. The molecule has 0 atom stereocenters. The lowest BCUT2D eigenvalue weighted by molar-refractivity contribution is 0.122. The van der Waals surface area contributed by atoms with E-state index < -0.39 is 0 Å². The van der Waals surface area contributed by atoms with Crippen molar-refractivity contribution in [3.8, 4) is 0 Å². The highest BCUT2D eigenvalue weighted by Crippen LogP contribution is 2.10. The summed E-state index contributed by atoms with van der Waals surface area (Å²) in [4.78, 5) is 0. The van der Waals surface area contributed by atoms with Crippen molar-refractivity contribution in [2.75, 3.05) is 6.61 Å². The fourth-order valence-electron chi connectivity index (χ4n) is 1.32. The van der Waals surface area contributed by atoms with Crippen molar-refractivity contribution < 1.29 is 4.74 Å². The van der Waals surface area contributed by atoms with Gasteiger partial charge in [0.15, 0.2) is 5.82 Å². The first-order valence-corrected chi connectivity index (χ1v) is 4.50. The molecule has 0 aliphatic carbocycles. The summed E-state index contributed by atoms with van der Waals surface area (Å²) in [6.45, 7) is 2.28. The van der Waals surface area contributed by atoms with E-state index >= 15 is 0 Å². The smallest absolute Gasteiger partial charge is 0.159 e. The van der Waals surface area contributed by atoms with Crippen molar-refractivity contribution in [2.24, 2.45) is 0 Å². The highest BCUT2D eigenvalue weighted by molar-refractivity contribution is 6.16. The van der Waals surface area contributed by atoms with Crippen LogP contribution in [-0.2, 0) is 23.8 Å². The second-order valence-electron chi connectivity index (χ2n) is 2.72. The van der Waals surface area contributed by atoms with Crippen LogP contribution in [0.25, 0.3) is 0 Å². The summed E-state index contributed by atoms with van der Waals surface area (Å²) in [5, 5.41) is 7.95. The van der Waals surface area contributed by atoms with Gasteiger partial charge in [0.2, 0.25) is 0 Å². The van der Waals surface area contributed by atoms with Crippen LogP contribution in [0.15, 0.2) is 0 Å². The third-order valence-corrected chi connectivity index (χ3v) is 2.16. The summed E-state index contributed by atoms with van der Waals surface area (Å²) in [5.74, 6) is 2.16. The first-order valence-electron chi connectivity index (χ1n) is 3.96. The Kier molecular flexibility index (Phi) is 2.28. The van der Waals surface area contributed by atoms with E-state index in [4.69, 9.17) is 16.3 Å². The minimum atomic E-state index is 0.424. The van der Waals surface area contributed by atoms with Gasteiger partial charge in [0.1, 0.15) is 12.4 Å². The fraction of sp³-hybridized carbons (Fsp3) is 0.714. The molecule has 0 bridgehead atoms. The summed E-state index contributed by atoms with van der Waals surface area (Å²) in [7, 11) is 0. The minimum absolute atomic E-state index is 0.424. The Labute approximate surface area is 75.5 Å². The third-order valence-electron chi connectivity index (χ3n) is 1.93. The molecule has 0 amide bonds. The van der Waals surface area contributed by atoms with E-state index in [1.54, 1.807) is 0 Å². The zero-order chi connectivity index (χ0) is 8.39. The molecule has 0 spiro atoms. The maximum absolute atomic E-state index is 5.69. The number of rotatable bonds is 1. The second kappa shape index (κ2) is 3.41. The molecule has 12 heavy (non-hydrogen) atoms. The topological polar surface area (TPSA) is 39.9 Å². The molecular formula is C7H10ClN3O. The molecule has 4 nitrogen and oxygen atoms in total. The van der Waals surface area contributed by atoms with Crippen molar-refractivity contribution in [3.05, 3.63) is 11.6 Å². The lowest BCUT2D eigenvalue weighted by atomic mass is 10.4. The fourth-order valence-corrected chi connectivity index (χ4v) is 1.52. The van der Waals surface area contributed by atoms with Crippen LogP contribution in [0, 0.1) is 0 Å². The molecule has 2 heterocycles. The number of ether oxygens (including phenoxy) is 1. The SMILES string of the molecule is ClCc1nnc2n1CCCOC2. The molecule has 1 aliphatic rings. The van der Waals surface area contributed by atoms with E-state index in [9.17, 15) is 0 Å². The van der Waals surface area contributed by atoms with E-state index in [1.165, 1.54) is 0 Å². The molecule has 1 aromatic rings. The Balaban J connectivity index is 2.32. The van der Waals surface area contributed by atoms with Crippen LogP contribution >= 0.6 is 11.6 Å². The molecule has 0 saturated carbocycles. The summed E-state index contributed by atoms with van der Waals surface area (Å²) < 4.78 is 7.35. The second-order valence-corrected chi connectivity index (χ2v) is 2.99. The van der Waals surface area contributed by atoms with E-state index in [1.807, 2.05) is 4.57 Å². The maximum atomic E-state index is 5.69. The van der Waals surface area contributed by atoms with Gasteiger partial charge in [-0.15, -0.1) is 21.8 Å². The van der Waals surface area contributed by atoms with Crippen molar-refractivity contribution in [2.45, 2.75) is 25.5 Å². The van der Waals surface area contributed by atoms with Gasteiger partial charge in [-0.1, -0.05) is 0 Å². The zero-order valence-corrected chi connectivity index (χ0v) is 7.42. The normalized spacial score (nSPS) is 17.1. The van der Waals surface area contributed by atoms with Gasteiger partial charge in [0, 0.05) is 13.2 Å². The monoisotopic (exact) mass is 187 g/mol. The van der Waals surface area contributed by atoms with Crippen LogP contribution < -0.4 is 0 Å². The lowest BCUT2D eigenvalue weighted by Crippen LogP contribution is -2.04. The van der Waals surface area contributed by atoms with Gasteiger partial charge in [-0.05, 0) is 6.42 Å². The van der Waals surface area contributed by atoms with Crippen LogP contribution in [0.2, 0.25) is 0 Å². The number of halogens is 1. The summed E-state index contributed by atoms with van der Waals surface area (Å²) >= 11 is 5.69. The van der Waals surface area contributed by atoms with E-state index in [-0.39, 0.29) is 0 Å². The number of nitrogens with zero attached hydrogens (tertiary/aromatic N) is 3. The van der Waals surface area contributed by atoms with Gasteiger partial charge in [0.25, 0.3) is 0 Å². The maximum Gasteiger partial charge on any atom is 0.159 e. The largest absolute Gasteiger partial charge is 0.373 e. The van der Waals surface area contributed by atoms with E-state index in [0.717, 1.165) is 31.2 Å². The van der Waals surface area contributed by atoms with Crippen LogP contribution in [0.3, 0.4) is 0 Å². The van der Waals surface area contributed by atoms with Gasteiger partial charge < -0.3 is 9.30 Å². The molecule has 1 aliphatic heterocycles. The lowest BCUT2D eigenvalue weighted by Gasteiger charge is -2.01. The average molecular weight is 188 g/mol. The third kappa shape index (κ3) is 1.32. The van der Waals surface area contributed by atoms with Gasteiger partial charge in [-0.2, -0.15) is 0 Å². The average Bonchev–Trinajstić information content (AvgIpc) is 2.33. The van der Waals surface area contributed by atoms with Crippen LogP contribution in [0.1, 0.15) is 18.1 Å². The van der Waals surface area contributed by atoms with Crippen molar-refractivity contribution >= 4 is 11.6 Å². The summed E-state index contributed by atoms with van der Waals surface area (Å²) in [6, 6.07) is 0. The Bertz CT molecular complexity index is 274. The zero-order valence-electron chi connectivity index (χ0n) is 6.66. The number of hydrogen-bond donors (Lipinski definition) is 0. The first kappa shape index (κ1) is 8.01. The van der Waals surface area contributed by atoms with Gasteiger partial charge in [0.05, 0.1) is 5.88 Å². The van der Waals surface area contributed by atoms with Crippen molar-refractivity contribution in [3.63, 3.8) is 0 Å². The van der Waals surface area contributed by atoms with E-state index in [0.29, 0.717) is 12.5 Å². The Morgan fingerprint density at radius 2 is 2.42 bits per heavy atom. The van der Waals surface area contributed by atoms with Crippen LogP contribution in [0.4, 0.5) is 0 Å². The van der Waals surface area contributed by atoms with Crippen LogP contribution in [-0.4, -0.2) is 21.4 Å². The van der Waals surface area contributed by atoms with Crippen molar-refractivity contribution in [1.82, 2.24) is 14.8 Å². The quantitative estimate of drug-likeness (QED) is 0.615. The molecule has 5 heteroatoms. The molecule has 0 N–H and O–H groups in total.